The molecule has 1 fully saturated rings. The molecule has 18 heteroatoms. The molecule has 3 atom stereocenters. The Labute approximate surface area is 321 Å². The number of aliphatic hydroxyl groups is 1. The van der Waals surface area contributed by atoms with Gasteiger partial charge >= 0.3 is 6.09 Å². The predicted molar refractivity (Wildman–Crippen MR) is 192 cm³/mol. The maximum atomic E-state index is 16.0. The third-order valence-corrected chi connectivity index (χ3v) is 9.59. The van der Waals surface area contributed by atoms with Crippen molar-refractivity contribution in [2.24, 2.45) is 5.92 Å². The molecular formula is C33H30Cl6F3N3O6. The Morgan fingerprint density at radius 3 is 2.00 bits per heavy atom. The molecular weight excluding hydrogens is 804 g/mol. The lowest BCUT2D eigenvalue weighted by Gasteiger charge is -2.34. The van der Waals surface area contributed by atoms with Crippen molar-refractivity contribution in [3.05, 3.63) is 85.1 Å². The second-order valence-electron chi connectivity index (χ2n) is 13.4. The van der Waals surface area contributed by atoms with E-state index in [1.54, 1.807) is 0 Å². The first-order valence-corrected chi connectivity index (χ1v) is 17.1. The fourth-order valence-corrected chi connectivity index (χ4v) is 6.52. The summed E-state index contributed by atoms with van der Waals surface area (Å²) in [5, 5.41) is 14.9. The Hall–Kier alpha value is -2.68. The van der Waals surface area contributed by atoms with Gasteiger partial charge in [0.1, 0.15) is 27.3 Å². The predicted octanol–water partition coefficient (Wildman–Crippen LogP) is 10.3. The van der Waals surface area contributed by atoms with Crippen LogP contribution in [0.2, 0.25) is 20.1 Å². The molecule has 1 aliphatic carbocycles. The third kappa shape index (κ3) is 9.28. The van der Waals surface area contributed by atoms with Gasteiger partial charge < -0.3 is 25.2 Å². The van der Waals surface area contributed by atoms with Gasteiger partial charge in [0.25, 0.3) is 5.91 Å². The first-order chi connectivity index (χ1) is 23.3. The van der Waals surface area contributed by atoms with Gasteiger partial charge in [0.15, 0.2) is 5.82 Å². The largest absolute Gasteiger partial charge is 0.443 e. The van der Waals surface area contributed by atoms with E-state index in [9.17, 15) is 23.9 Å². The van der Waals surface area contributed by atoms with Crippen LogP contribution in [-0.4, -0.2) is 45.0 Å². The Kier molecular flexibility index (Phi) is 12.1. The van der Waals surface area contributed by atoms with Gasteiger partial charge in [0.2, 0.25) is 12.3 Å². The normalized spacial score (nSPS) is 17.4. The molecule has 3 amide bonds. The number of aliphatic hydroxyl groups excluding tert-OH is 1. The summed E-state index contributed by atoms with van der Waals surface area (Å²) in [6, 6.07) is 6.22. The number of amides is 3. The van der Waals surface area contributed by atoms with Crippen molar-refractivity contribution >= 4 is 105 Å². The SMILES string of the molecule is CC(C)(C)OC(=O)N(c1c(F)ccc(NC(=O)c2cc(NC(=O)[C@H]3[C@H](c4cc(Cl)c(Cl)c(Cl)c4)C3(Cl)Cl)cc(F)c2Cl)c1F)C(O)OC(C)(C)C. The highest BCUT2D eigenvalue weighted by molar-refractivity contribution is 6.54. The van der Waals surface area contributed by atoms with Gasteiger partial charge in [0.05, 0.1) is 42.9 Å². The van der Waals surface area contributed by atoms with Crippen LogP contribution >= 0.6 is 69.6 Å². The van der Waals surface area contributed by atoms with E-state index in [0.717, 1.165) is 18.2 Å². The van der Waals surface area contributed by atoms with Crippen LogP contribution < -0.4 is 15.5 Å². The Balaban J connectivity index is 1.63. The van der Waals surface area contributed by atoms with E-state index in [2.05, 4.69) is 10.6 Å². The van der Waals surface area contributed by atoms with Gasteiger partial charge in [0, 0.05) is 11.6 Å². The van der Waals surface area contributed by atoms with Gasteiger partial charge in [-0.2, -0.15) is 0 Å². The van der Waals surface area contributed by atoms with Gasteiger partial charge in [-0.25, -0.2) is 22.9 Å². The molecule has 3 aromatic carbocycles. The number of carbonyl (C=O) groups excluding carboxylic acids is 3. The number of anilines is 3. The number of hydrogen-bond acceptors (Lipinski definition) is 6. The van der Waals surface area contributed by atoms with Gasteiger partial charge in [-0.15, -0.1) is 23.2 Å². The zero-order chi connectivity index (χ0) is 38.5. The summed E-state index contributed by atoms with van der Waals surface area (Å²) in [6.07, 6.45) is -3.63. The number of ether oxygens (including phenoxy) is 2. The van der Waals surface area contributed by atoms with E-state index < -0.39 is 91.1 Å². The van der Waals surface area contributed by atoms with Crippen molar-refractivity contribution in [2.75, 3.05) is 15.5 Å². The monoisotopic (exact) mass is 831 g/mol. The summed E-state index contributed by atoms with van der Waals surface area (Å²) in [5.41, 5.74) is -4.54. The number of nitrogens with zero attached hydrogens (tertiary/aromatic N) is 1. The van der Waals surface area contributed by atoms with Crippen LogP contribution in [0.5, 0.6) is 0 Å². The molecule has 0 aromatic heterocycles. The minimum atomic E-state index is -2.25. The zero-order valence-corrected chi connectivity index (χ0v) is 32.1. The molecule has 0 aliphatic heterocycles. The minimum Gasteiger partial charge on any atom is -0.443 e. The summed E-state index contributed by atoms with van der Waals surface area (Å²) < 4.78 is 55.2. The van der Waals surface area contributed by atoms with Gasteiger partial charge in [-0.3, -0.25) is 9.59 Å². The second-order valence-corrected chi connectivity index (χ2v) is 16.4. The van der Waals surface area contributed by atoms with Crippen molar-refractivity contribution in [1.29, 1.82) is 0 Å². The second kappa shape index (κ2) is 15.0. The summed E-state index contributed by atoms with van der Waals surface area (Å²) >= 11 is 37.2. The third-order valence-electron chi connectivity index (χ3n) is 7.07. The van der Waals surface area contributed by atoms with Crippen LogP contribution in [0.15, 0.2) is 36.4 Å². The molecule has 1 saturated carbocycles. The van der Waals surface area contributed by atoms with E-state index in [0.29, 0.717) is 11.6 Å². The molecule has 276 valence electrons. The maximum Gasteiger partial charge on any atom is 0.419 e. The zero-order valence-electron chi connectivity index (χ0n) is 27.5. The lowest BCUT2D eigenvalue weighted by atomic mass is 10.1. The van der Waals surface area contributed by atoms with Gasteiger partial charge in [-0.1, -0.05) is 46.4 Å². The molecule has 0 spiro atoms. The smallest absolute Gasteiger partial charge is 0.419 e. The van der Waals surface area contributed by atoms with Crippen molar-refractivity contribution in [3.8, 4) is 0 Å². The molecule has 0 radical (unpaired) electrons. The summed E-state index contributed by atoms with van der Waals surface area (Å²) in [6.45, 7) is 9.01. The number of rotatable bonds is 8. The summed E-state index contributed by atoms with van der Waals surface area (Å²) in [7, 11) is 0. The fraction of sp³-hybridized carbons (Fsp3) is 0.364. The van der Waals surface area contributed by atoms with E-state index in [-0.39, 0.29) is 25.7 Å². The molecule has 3 N–H and O–H groups in total. The van der Waals surface area contributed by atoms with Crippen molar-refractivity contribution < 1.29 is 42.1 Å². The number of nitrogens with one attached hydrogen (secondary N) is 2. The van der Waals surface area contributed by atoms with E-state index in [1.165, 1.54) is 53.7 Å². The van der Waals surface area contributed by atoms with Crippen molar-refractivity contribution in [2.45, 2.75) is 69.4 Å². The van der Waals surface area contributed by atoms with Crippen LogP contribution in [-0.2, 0) is 14.3 Å². The summed E-state index contributed by atoms with van der Waals surface area (Å²) in [5.74, 6) is -7.87. The maximum absolute atomic E-state index is 16.0. The first-order valence-electron chi connectivity index (χ1n) is 14.8. The number of hydrogen-bond donors (Lipinski definition) is 3. The van der Waals surface area contributed by atoms with Crippen LogP contribution in [0, 0.1) is 23.4 Å². The van der Waals surface area contributed by atoms with Gasteiger partial charge in [-0.05, 0) is 83.5 Å². The molecule has 1 unspecified atom stereocenters. The van der Waals surface area contributed by atoms with Crippen LogP contribution in [0.4, 0.5) is 35.0 Å². The number of halogens is 9. The molecule has 3 aromatic rings. The highest BCUT2D eigenvalue weighted by Crippen LogP contribution is 2.65. The van der Waals surface area contributed by atoms with Crippen LogP contribution in [0.25, 0.3) is 0 Å². The fourth-order valence-electron chi connectivity index (χ4n) is 4.89. The van der Waals surface area contributed by atoms with E-state index in [4.69, 9.17) is 79.1 Å². The minimum absolute atomic E-state index is 0.0881. The Morgan fingerprint density at radius 2 is 1.45 bits per heavy atom. The highest BCUT2D eigenvalue weighted by atomic mass is 35.5. The molecule has 51 heavy (non-hydrogen) atoms. The molecule has 1 aliphatic rings. The topological polar surface area (TPSA) is 117 Å². The molecule has 0 saturated heterocycles. The standard InChI is InChI=1S/C33H30Cl6F3N3O6/c1-31(2,3)50-29(48)45(30(49)51-32(4,5)6)26-18(40)7-8-20(25(26)42)44-27(46)15-11-14(12-19(41)23(15)36)43-28(47)22-21(33(22,38)39)13-9-16(34)24(37)17(35)10-13/h7-12,21-22,29,48H,1-6H3,(H,43,47)(H,44,46)/t21-,22+,29?/m0/s1. The van der Waals surface area contributed by atoms with Crippen molar-refractivity contribution in [1.82, 2.24) is 0 Å². The summed E-state index contributed by atoms with van der Waals surface area (Å²) in [4.78, 5) is 39.9. The molecule has 0 bridgehead atoms. The number of carbonyl (C=O) groups is 3. The average molecular weight is 834 g/mol. The van der Waals surface area contributed by atoms with Crippen LogP contribution in [0.1, 0.15) is 63.4 Å². The Morgan fingerprint density at radius 1 is 0.863 bits per heavy atom. The molecule has 9 nitrogen and oxygen atoms in total. The highest BCUT2D eigenvalue weighted by Gasteiger charge is 2.67. The average Bonchev–Trinajstić information content (AvgIpc) is 3.56. The van der Waals surface area contributed by atoms with E-state index in [1.807, 2.05) is 0 Å². The molecule has 4 rings (SSSR count). The molecule has 0 heterocycles. The van der Waals surface area contributed by atoms with Crippen LogP contribution in [0.3, 0.4) is 0 Å². The van der Waals surface area contributed by atoms with E-state index >= 15 is 8.78 Å². The lowest BCUT2D eigenvalue weighted by molar-refractivity contribution is -0.163. The van der Waals surface area contributed by atoms with Crippen molar-refractivity contribution in [3.63, 3.8) is 0 Å². The number of benzene rings is 3. The Bertz CT molecular complexity index is 1880. The lowest BCUT2D eigenvalue weighted by Crippen LogP contribution is -2.48. The quantitative estimate of drug-likeness (QED) is 0.118. The number of alkyl halides is 2. The first kappa shape index (κ1) is 41.1.